The van der Waals surface area contributed by atoms with E-state index >= 15 is 0 Å². The van der Waals surface area contributed by atoms with Crippen LogP contribution in [0.1, 0.15) is 31.7 Å². The Hall–Kier alpha value is -0.390. The average Bonchev–Trinajstić information content (AvgIpc) is 2.94. The van der Waals surface area contributed by atoms with Gasteiger partial charge < -0.3 is 9.47 Å². The highest BCUT2D eigenvalue weighted by atomic mass is 79.9. The first-order valence-electron chi connectivity index (χ1n) is 6.19. The molecule has 96 valence electrons. The fraction of sp³-hybridized carbons (Fsp3) is 0.750. The van der Waals surface area contributed by atoms with Gasteiger partial charge in [-0.1, -0.05) is 6.92 Å². The van der Waals surface area contributed by atoms with Gasteiger partial charge in [0.05, 0.1) is 35.2 Å². The second-order valence-electron chi connectivity index (χ2n) is 4.17. The molecule has 5 heteroatoms. The van der Waals surface area contributed by atoms with E-state index < -0.39 is 0 Å². The monoisotopic (exact) mass is 302 g/mol. The van der Waals surface area contributed by atoms with E-state index in [1.165, 1.54) is 0 Å². The molecule has 1 unspecified atom stereocenters. The lowest BCUT2D eigenvalue weighted by molar-refractivity contribution is 0.0281. The molecule has 0 aliphatic carbocycles. The van der Waals surface area contributed by atoms with Crippen LogP contribution in [0.3, 0.4) is 0 Å². The molecule has 0 radical (unpaired) electrons. The zero-order chi connectivity index (χ0) is 12.3. The first-order valence-corrected chi connectivity index (χ1v) is 6.98. The third kappa shape index (κ3) is 2.89. The highest BCUT2D eigenvalue weighted by molar-refractivity contribution is 9.10. The summed E-state index contributed by atoms with van der Waals surface area (Å²) in [6.45, 7) is 7.23. The minimum atomic E-state index is 0.243. The molecule has 0 aromatic carbocycles. The Morgan fingerprint density at radius 1 is 1.53 bits per heavy atom. The number of rotatable bonds is 5. The van der Waals surface area contributed by atoms with E-state index in [1.54, 1.807) is 0 Å². The molecule has 2 rings (SSSR count). The number of aromatic nitrogens is 2. The quantitative estimate of drug-likeness (QED) is 0.838. The van der Waals surface area contributed by atoms with E-state index in [2.05, 4.69) is 34.9 Å². The number of halogens is 1. The van der Waals surface area contributed by atoms with E-state index in [0.29, 0.717) is 6.61 Å². The Balaban J connectivity index is 2.05. The number of hydrogen-bond acceptors (Lipinski definition) is 3. The van der Waals surface area contributed by atoms with E-state index in [9.17, 15) is 0 Å². The molecule has 1 saturated heterocycles. The smallest absolute Gasteiger partial charge is 0.0901 e. The van der Waals surface area contributed by atoms with Gasteiger partial charge in [-0.3, -0.25) is 4.68 Å². The van der Waals surface area contributed by atoms with Gasteiger partial charge in [-0.2, -0.15) is 5.10 Å². The van der Waals surface area contributed by atoms with Crippen LogP contribution in [-0.2, 0) is 29.0 Å². The largest absolute Gasteiger partial charge is 0.379 e. The Labute approximate surface area is 110 Å². The van der Waals surface area contributed by atoms with E-state index in [4.69, 9.17) is 9.47 Å². The van der Waals surface area contributed by atoms with Gasteiger partial charge in [0.1, 0.15) is 0 Å². The maximum atomic E-state index is 5.85. The van der Waals surface area contributed by atoms with Gasteiger partial charge in [-0.15, -0.1) is 0 Å². The fourth-order valence-electron chi connectivity index (χ4n) is 2.00. The van der Waals surface area contributed by atoms with Crippen molar-refractivity contribution in [3.05, 3.63) is 15.9 Å². The van der Waals surface area contributed by atoms with Crippen LogP contribution in [-0.4, -0.2) is 29.1 Å². The number of nitrogens with zero attached hydrogens (tertiary/aromatic N) is 2. The summed E-state index contributed by atoms with van der Waals surface area (Å²) in [5.41, 5.74) is 2.24. The van der Waals surface area contributed by atoms with Gasteiger partial charge >= 0.3 is 0 Å². The lowest BCUT2D eigenvalue weighted by Crippen LogP contribution is -2.14. The molecule has 1 aromatic rings. The second-order valence-corrected chi connectivity index (χ2v) is 4.97. The molecule has 0 amide bonds. The molecule has 4 nitrogen and oxygen atoms in total. The Kier molecular flexibility index (Phi) is 4.59. The van der Waals surface area contributed by atoms with Crippen molar-refractivity contribution >= 4 is 15.9 Å². The minimum absolute atomic E-state index is 0.243. The van der Waals surface area contributed by atoms with Crippen LogP contribution in [0.25, 0.3) is 0 Å². The lowest BCUT2D eigenvalue weighted by Gasteiger charge is -2.11. The van der Waals surface area contributed by atoms with Crippen LogP contribution in [0, 0.1) is 0 Å². The molecule has 2 heterocycles. The Morgan fingerprint density at radius 3 is 2.94 bits per heavy atom. The van der Waals surface area contributed by atoms with Gasteiger partial charge in [0.15, 0.2) is 0 Å². The molecule has 0 bridgehead atoms. The van der Waals surface area contributed by atoms with Crippen molar-refractivity contribution in [3.8, 4) is 0 Å². The second kappa shape index (κ2) is 5.98. The minimum Gasteiger partial charge on any atom is -0.379 e. The van der Waals surface area contributed by atoms with Gasteiger partial charge in [0, 0.05) is 13.2 Å². The van der Waals surface area contributed by atoms with Crippen molar-refractivity contribution in [2.24, 2.45) is 0 Å². The first-order chi connectivity index (χ1) is 8.26. The third-order valence-corrected chi connectivity index (χ3v) is 3.95. The molecule has 0 N–H and O–H groups in total. The van der Waals surface area contributed by atoms with Crippen LogP contribution < -0.4 is 0 Å². The molecule has 0 saturated carbocycles. The maximum Gasteiger partial charge on any atom is 0.0901 e. The molecular formula is C12H19BrN2O2. The van der Waals surface area contributed by atoms with Crippen molar-refractivity contribution in [2.75, 3.05) is 13.2 Å². The van der Waals surface area contributed by atoms with Crippen LogP contribution >= 0.6 is 15.9 Å². The summed E-state index contributed by atoms with van der Waals surface area (Å²) in [5.74, 6) is 0. The van der Waals surface area contributed by atoms with Crippen molar-refractivity contribution in [1.29, 1.82) is 0 Å². The van der Waals surface area contributed by atoms with Gasteiger partial charge in [-0.05, 0) is 35.7 Å². The van der Waals surface area contributed by atoms with Gasteiger partial charge in [0.25, 0.3) is 0 Å². The van der Waals surface area contributed by atoms with Crippen molar-refractivity contribution < 1.29 is 9.47 Å². The van der Waals surface area contributed by atoms with Gasteiger partial charge in [-0.25, -0.2) is 0 Å². The zero-order valence-electron chi connectivity index (χ0n) is 10.4. The molecule has 1 aromatic heterocycles. The molecule has 1 atom stereocenters. The fourth-order valence-corrected chi connectivity index (χ4v) is 2.68. The summed E-state index contributed by atoms with van der Waals surface area (Å²) in [5, 5.41) is 4.55. The number of hydrogen-bond donors (Lipinski definition) is 0. The molecule has 17 heavy (non-hydrogen) atoms. The third-order valence-electron chi connectivity index (χ3n) is 3.04. The summed E-state index contributed by atoms with van der Waals surface area (Å²) in [4.78, 5) is 0. The van der Waals surface area contributed by atoms with Crippen molar-refractivity contribution in [3.63, 3.8) is 0 Å². The van der Waals surface area contributed by atoms with Crippen LogP contribution in [0.4, 0.5) is 0 Å². The van der Waals surface area contributed by atoms with Crippen LogP contribution in [0.2, 0.25) is 0 Å². The topological polar surface area (TPSA) is 36.3 Å². The number of ether oxygens (including phenoxy) is 2. The summed E-state index contributed by atoms with van der Waals surface area (Å²) in [7, 11) is 0. The zero-order valence-corrected chi connectivity index (χ0v) is 12.0. The van der Waals surface area contributed by atoms with Crippen LogP contribution in [0.15, 0.2) is 4.47 Å². The van der Waals surface area contributed by atoms with Crippen molar-refractivity contribution in [1.82, 2.24) is 9.78 Å². The summed E-state index contributed by atoms with van der Waals surface area (Å²) in [6, 6.07) is 0. The lowest BCUT2D eigenvalue weighted by atomic mass is 10.3. The SMILES string of the molecule is CCc1nn(CC)c(COC2CCOC2)c1Br. The molecular weight excluding hydrogens is 284 g/mol. The highest BCUT2D eigenvalue weighted by Crippen LogP contribution is 2.24. The molecule has 0 spiro atoms. The summed E-state index contributed by atoms with van der Waals surface area (Å²) >= 11 is 3.62. The Bertz CT molecular complexity index is 373. The van der Waals surface area contributed by atoms with Crippen LogP contribution in [0.5, 0.6) is 0 Å². The predicted molar refractivity (Wildman–Crippen MR) is 69.0 cm³/mol. The molecule has 1 aliphatic heterocycles. The predicted octanol–water partition coefficient (Wildman–Crippen LogP) is 2.53. The summed E-state index contributed by atoms with van der Waals surface area (Å²) < 4.78 is 14.3. The molecule has 1 aliphatic rings. The summed E-state index contributed by atoms with van der Waals surface area (Å²) in [6.07, 6.45) is 2.18. The first kappa shape index (κ1) is 13.1. The highest BCUT2D eigenvalue weighted by Gasteiger charge is 2.19. The van der Waals surface area contributed by atoms with E-state index in [-0.39, 0.29) is 6.10 Å². The standard InChI is InChI=1S/C12H19BrN2O2/c1-3-10-12(13)11(15(4-2)14-10)8-17-9-5-6-16-7-9/h9H,3-8H2,1-2H3. The maximum absolute atomic E-state index is 5.85. The van der Waals surface area contributed by atoms with E-state index in [1.807, 2.05) is 4.68 Å². The average molecular weight is 303 g/mol. The Morgan fingerprint density at radius 2 is 2.35 bits per heavy atom. The van der Waals surface area contributed by atoms with Crippen molar-refractivity contribution in [2.45, 2.75) is 45.9 Å². The number of aryl methyl sites for hydroxylation is 2. The molecule has 1 fully saturated rings. The van der Waals surface area contributed by atoms with Gasteiger partial charge in [0.2, 0.25) is 0 Å². The van der Waals surface area contributed by atoms with E-state index in [0.717, 1.165) is 48.5 Å². The normalized spacial score (nSPS) is 20.1.